The predicted molar refractivity (Wildman–Crippen MR) is 117 cm³/mol. The van der Waals surface area contributed by atoms with Gasteiger partial charge in [0.15, 0.2) is 0 Å². The van der Waals surface area contributed by atoms with E-state index >= 15 is 0 Å². The van der Waals surface area contributed by atoms with Crippen molar-refractivity contribution in [1.29, 1.82) is 0 Å². The first-order valence-corrected chi connectivity index (χ1v) is 10.3. The summed E-state index contributed by atoms with van der Waals surface area (Å²) in [5.74, 6) is 0. The molecule has 0 radical (unpaired) electrons. The summed E-state index contributed by atoms with van der Waals surface area (Å²) in [5.41, 5.74) is 7.46. The molecule has 4 rings (SSSR count). The van der Waals surface area contributed by atoms with Gasteiger partial charge in [0.25, 0.3) is 0 Å². The molecule has 1 aliphatic heterocycles. The van der Waals surface area contributed by atoms with Crippen LogP contribution < -0.4 is 5.32 Å². The number of amides is 2. The van der Waals surface area contributed by atoms with Crippen molar-refractivity contribution in [2.75, 3.05) is 11.9 Å². The van der Waals surface area contributed by atoms with Crippen LogP contribution in [0.1, 0.15) is 33.6 Å². The van der Waals surface area contributed by atoms with E-state index in [2.05, 4.69) is 23.4 Å². The Balaban J connectivity index is 1.43. The van der Waals surface area contributed by atoms with Crippen LogP contribution in [0.25, 0.3) is 0 Å². The lowest BCUT2D eigenvalue weighted by molar-refractivity contribution is 0.103. The minimum atomic E-state index is -0.0747. The van der Waals surface area contributed by atoms with Gasteiger partial charge >= 0.3 is 6.03 Å². The maximum absolute atomic E-state index is 12.9. The number of nitrogens with one attached hydrogen (secondary N) is 1. The molecule has 2 heterocycles. The normalized spacial score (nSPS) is 13.2. The van der Waals surface area contributed by atoms with Crippen molar-refractivity contribution < 1.29 is 9.53 Å². The highest BCUT2D eigenvalue weighted by Gasteiger charge is 2.27. The van der Waals surface area contributed by atoms with E-state index < -0.39 is 0 Å². The molecule has 30 heavy (non-hydrogen) atoms. The lowest BCUT2D eigenvalue weighted by Gasteiger charge is -2.28. The van der Waals surface area contributed by atoms with Gasteiger partial charge in [0.05, 0.1) is 25.5 Å². The summed E-state index contributed by atoms with van der Waals surface area (Å²) in [4.78, 5) is 14.8. The average Bonchev–Trinajstić information content (AvgIpc) is 3.07. The van der Waals surface area contributed by atoms with Gasteiger partial charge in [-0.15, -0.1) is 0 Å². The largest absolute Gasteiger partial charge is 0.370 e. The lowest BCUT2D eigenvalue weighted by atomic mass is 10.1. The summed E-state index contributed by atoms with van der Waals surface area (Å²) in [7, 11) is 1.96. The summed E-state index contributed by atoms with van der Waals surface area (Å²) in [6, 6.07) is 16.0. The van der Waals surface area contributed by atoms with Gasteiger partial charge in [-0.25, -0.2) is 4.79 Å². The van der Waals surface area contributed by atoms with E-state index in [1.54, 1.807) is 0 Å². The van der Waals surface area contributed by atoms with Crippen LogP contribution in [0.5, 0.6) is 0 Å². The molecule has 2 amide bonds. The number of anilines is 1. The van der Waals surface area contributed by atoms with E-state index in [1.807, 2.05) is 66.0 Å². The summed E-state index contributed by atoms with van der Waals surface area (Å²) in [6.07, 6.45) is 0.789. The Hall–Kier alpha value is -3.12. The highest BCUT2D eigenvalue weighted by Crippen LogP contribution is 2.25. The number of benzene rings is 2. The quantitative estimate of drug-likeness (QED) is 0.688. The molecule has 0 aliphatic carbocycles. The monoisotopic (exact) mass is 404 g/mol. The molecule has 6 nitrogen and oxygen atoms in total. The molecule has 0 spiro atoms. The Kier molecular flexibility index (Phi) is 5.86. The Bertz CT molecular complexity index is 1040. The SMILES string of the molecule is Cc1cccc(NC(=O)N2CCc3c(c(COCc4ccccc4)nn3C)C2)c1C. The van der Waals surface area contributed by atoms with E-state index in [9.17, 15) is 4.79 Å². The minimum Gasteiger partial charge on any atom is -0.370 e. The van der Waals surface area contributed by atoms with Gasteiger partial charge in [0.2, 0.25) is 0 Å². The van der Waals surface area contributed by atoms with E-state index in [0.717, 1.165) is 34.5 Å². The van der Waals surface area contributed by atoms with Gasteiger partial charge in [-0.3, -0.25) is 4.68 Å². The van der Waals surface area contributed by atoms with Crippen LogP contribution in [0.15, 0.2) is 48.5 Å². The molecule has 156 valence electrons. The van der Waals surface area contributed by atoms with Crippen molar-refractivity contribution in [2.24, 2.45) is 7.05 Å². The number of aryl methyl sites for hydroxylation is 2. The number of rotatable bonds is 5. The van der Waals surface area contributed by atoms with Gasteiger partial charge in [0, 0.05) is 37.0 Å². The third-order valence-electron chi connectivity index (χ3n) is 5.81. The molecular weight excluding hydrogens is 376 g/mol. The van der Waals surface area contributed by atoms with Crippen LogP contribution in [-0.4, -0.2) is 27.3 Å². The second-order valence-electron chi connectivity index (χ2n) is 7.82. The van der Waals surface area contributed by atoms with Crippen molar-refractivity contribution in [1.82, 2.24) is 14.7 Å². The maximum Gasteiger partial charge on any atom is 0.322 e. The number of fused-ring (bicyclic) bond motifs is 1. The van der Waals surface area contributed by atoms with Crippen LogP contribution in [-0.2, 0) is 38.0 Å². The molecule has 0 bridgehead atoms. The minimum absolute atomic E-state index is 0.0747. The molecule has 0 unspecified atom stereocenters. The standard InChI is InChI=1S/C24H28N4O2/c1-17-8-7-11-21(18(17)2)25-24(29)28-13-12-23-20(14-28)22(26-27(23)3)16-30-15-19-9-5-4-6-10-19/h4-11H,12-16H2,1-3H3,(H,25,29). The van der Waals surface area contributed by atoms with Gasteiger partial charge in [0.1, 0.15) is 0 Å². The number of ether oxygens (including phenoxy) is 1. The molecular formula is C24H28N4O2. The Labute approximate surface area is 177 Å². The molecule has 0 atom stereocenters. The van der Waals surface area contributed by atoms with Crippen LogP contribution in [0.3, 0.4) is 0 Å². The molecule has 6 heteroatoms. The summed E-state index contributed by atoms with van der Waals surface area (Å²) in [6.45, 7) is 6.28. The molecule has 1 N–H and O–H groups in total. The number of nitrogens with zero attached hydrogens (tertiary/aromatic N) is 3. The van der Waals surface area contributed by atoms with Gasteiger partial charge in [-0.1, -0.05) is 42.5 Å². The summed E-state index contributed by atoms with van der Waals surface area (Å²) < 4.78 is 7.84. The first-order valence-electron chi connectivity index (χ1n) is 10.3. The van der Waals surface area contributed by atoms with E-state index in [4.69, 9.17) is 4.74 Å². The van der Waals surface area contributed by atoms with Crippen LogP contribution >= 0.6 is 0 Å². The third kappa shape index (κ3) is 4.24. The Morgan fingerprint density at radius 3 is 2.70 bits per heavy atom. The number of hydrogen-bond acceptors (Lipinski definition) is 3. The lowest BCUT2D eigenvalue weighted by Crippen LogP contribution is -2.39. The smallest absolute Gasteiger partial charge is 0.322 e. The first kappa shape index (κ1) is 20.2. The number of carbonyl (C=O) groups excluding carboxylic acids is 1. The molecule has 0 saturated heterocycles. The van der Waals surface area contributed by atoms with E-state index in [-0.39, 0.29) is 6.03 Å². The fourth-order valence-corrected chi connectivity index (χ4v) is 3.88. The van der Waals surface area contributed by atoms with Gasteiger partial charge < -0.3 is 15.0 Å². The Morgan fingerprint density at radius 2 is 1.90 bits per heavy atom. The Morgan fingerprint density at radius 1 is 1.10 bits per heavy atom. The molecule has 1 aliphatic rings. The number of urea groups is 1. The first-order chi connectivity index (χ1) is 14.5. The maximum atomic E-state index is 12.9. The fraction of sp³-hybridized carbons (Fsp3) is 0.333. The van der Waals surface area contributed by atoms with Crippen LogP contribution in [0.4, 0.5) is 10.5 Å². The van der Waals surface area contributed by atoms with Crippen molar-refractivity contribution in [3.8, 4) is 0 Å². The highest BCUT2D eigenvalue weighted by molar-refractivity contribution is 5.90. The van der Waals surface area contributed by atoms with Crippen molar-refractivity contribution >= 4 is 11.7 Å². The molecule has 0 saturated carbocycles. The number of hydrogen-bond donors (Lipinski definition) is 1. The average molecular weight is 405 g/mol. The van der Waals surface area contributed by atoms with E-state index in [1.165, 1.54) is 11.3 Å². The van der Waals surface area contributed by atoms with Crippen molar-refractivity contribution in [2.45, 2.75) is 40.0 Å². The topological polar surface area (TPSA) is 59.4 Å². The summed E-state index contributed by atoms with van der Waals surface area (Å²) >= 11 is 0. The second-order valence-corrected chi connectivity index (χ2v) is 7.82. The van der Waals surface area contributed by atoms with E-state index in [0.29, 0.717) is 26.3 Å². The van der Waals surface area contributed by atoms with Crippen molar-refractivity contribution in [3.05, 3.63) is 82.2 Å². The number of carbonyl (C=O) groups is 1. The third-order valence-corrected chi connectivity index (χ3v) is 5.81. The molecule has 2 aromatic carbocycles. The molecule has 1 aromatic heterocycles. The van der Waals surface area contributed by atoms with Crippen molar-refractivity contribution in [3.63, 3.8) is 0 Å². The molecule has 3 aromatic rings. The van der Waals surface area contributed by atoms with Crippen LogP contribution in [0.2, 0.25) is 0 Å². The fourth-order valence-electron chi connectivity index (χ4n) is 3.88. The highest BCUT2D eigenvalue weighted by atomic mass is 16.5. The second kappa shape index (κ2) is 8.71. The predicted octanol–water partition coefficient (Wildman–Crippen LogP) is 4.34. The van der Waals surface area contributed by atoms with Gasteiger partial charge in [-0.2, -0.15) is 5.10 Å². The zero-order valence-electron chi connectivity index (χ0n) is 17.8. The van der Waals surface area contributed by atoms with Crippen LogP contribution in [0, 0.1) is 13.8 Å². The zero-order valence-corrected chi connectivity index (χ0v) is 17.8. The van der Waals surface area contributed by atoms with Gasteiger partial charge in [-0.05, 0) is 36.6 Å². The molecule has 0 fully saturated rings. The zero-order chi connectivity index (χ0) is 21.1. The summed E-state index contributed by atoms with van der Waals surface area (Å²) in [5, 5.41) is 7.73. The number of aromatic nitrogens is 2.